The van der Waals surface area contributed by atoms with Crippen LogP contribution in [0.25, 0.3) is 0 Å². The van der Waals surface area contributed by atoms with Crippen molar-refractivity contribution in [2.75, 3.05) is 0 Å². The Balaban J connectivity index is 2.27. The van der Waals surface area contributed by atoms with Gasteiger partial charge in [0.15, 0.2) is 0 Å². The molecule has 14 heavy (non-hydrogen) atoms. The quantitative estimate of drug-likeness (QED) is 0.716. The molecule has 1 amide bonds. The molecule has 1 heterocycles. The first-order valence-electron chi connectivity index (χ1n) is 4.72. The van der Waals surface area contributed by atoms with Gasteiger partial charge < -0.3 is 5.32 Å². The summed E-state index contributed by atoms with van der Waals surface area (Å²) in [7, 11) is 0. The molecule has 1 aromatic carbocycles. The SMILES string of the molecule is C=C1NC(=O)CC1c1ccc(C)cc1. The highest BCUT2D eigenvalue weighted by Crippen LogP contribution is 2.29. The first-order valence-corrected chi connectivity index (χ1v) is 4.72. The molecule has 0 radical (unpaired) electrons. The van der Waals surface area contributed by atoms with Gasteiger partial charge in [0.05, 0.1) is 0 Å². The van der Waals surface area contributed by atoms with E-state index < -0.39 is 0 Å². The van der Waals surface area contributed by atoms with Gasteiger partial charge in [0.25, 0.3) is 0 Å². The largest absolute Gasteiger partial charge is 0.330 e. The van der Waals surface area contributed by atoms with Crippen LogP contribution in [0.3, 0.4) is 0 Å². The fourth-order valence-electron chi connectivity index (χ4n) is 1.74. The van der Waals surface area contributed by atoms with Gasteiger partial charge in [-0.15, -0.1) is 0 Å². The van der Waals surface area contributed by atoms with Crippen molar-refractivity contribution in [3.63, 3.8) is 0 Å². The zero-order chi connectivity index (χ0) is 10.1. The highest BCUT2D eigenvalue weighted by atomic mass is 16.1. The Morgan fingerprint density at radius 3 is 2.50 bits per heavy atom. The van der Waals surface area contributed by atoms with Gasteiger partial charge in [-0.1, -0.05) is 36.4 Å². The Morgan fingerprint density at radius 1 is 1.36 bits per heavy atom. The molecule has 1 aliphatic rings. The Labute approximate surface area is 83.6 Å². The summed E-state index contributed by atoms with van der Waals surface area (Å²) in [5.74, 6) is 0.226. The smallest absolute Gasteiger partial charge is 0.225 e. The van der Waals surface area contributed by atoms with Crippen LogP contribution in [0.5, 0.6) is 0 Å². The van der Waals surface area contributed by atoms with E-state index in [0.717, 1.165) is 5.70 Å². The van der Waals surface area contributed by atoms with Crippen LogP contribution in [0.4, 0.5) is 0 Å². The molecule has 2 nitrogen and oxygen atoms in total. The van der Waals surface area contributed by atoms with Crippen molar-refractivity contribution in [3.05, 3.63) is 47.7 Å². The number of allylic oxidation sites excluding steroid dienone is 1. The van der Waals surface area contributed by atoms with Crippen LogP contribution < -0.4 is 5.32 Å². The number of carbonyl (C=O) groups excluding carboxylic acids is 1. The number of nitrogens with one attached hydrogen (secondary N) is 1. The summed E-state index contributed by atoms with van der Waals surface area (Å²) < 4.78 is 0. The topological polar surface area (TPSA) is 29.1 Å². The highest BCUT2D eigenvalue weighted by molar-refractivity contribution is 5.83. The summed E-state index contributed by atoms with van der Waals surface area (Å²) in [6.45, 7) is 5.91. The number of hydrogen-bond donors (Lipinski definition) is 1. The average molecular weight is 187 g/mol. The van der Waals surface area contributed by atoms with Gasteiger partial charge in [-0.3, -0.25) is 4.79 Å². The predicted octanol–water partition coefficient (Wildman–Crippen LogP) is 2.11. The summed E-state index contributed by atoms with van der Waals surface area (Å²) in [6, 6.07) is 8.24. The summed E-state index contributed by atoms with van der Waals surface area (Å²) in [6.07, 6.45) is 0.530. The van der Waals surface area contributed by atoms with E-state index in [0.29, 0.717) is 6.42 Å². The maximum atomic E-state index is 11.1. The van der Waals surface area contributed by atoms with Crippen molar-refractivity contribution < 1.29 is 4.79 Å². The van der Waals surface area contributed by atoms with E-state index in [2.05, 4.69) is 43.1 Å². The maximum Gasteiger partial charge on any atom is 0.225 e. The molecule has 1 atom stereocenters. The molecular formula is C12H13NO. The monoisotopic (exact) mass is 187 g/mol. The van der Waals surface area contributed by atoms with Gasteiger partial charge in [-0.05, 0) is 12.5 Å². The standard InChI is InChI=1S/C12H13NO/c1-8-3-5-10(6-4-8)11-7-12(14)13-9(11)2/h3-6,11H,2,7H2,1H3,(H,13,14). The lowest BCUT2D eigenvalue weighted by atomic mass is 9.95. The predicted molar refractivity (Wildman–Crippen MR) is 55.8 cm³/mol. The average Bonchev–Trinajstić information content (AvgIpc) is 2.47. The molecule has 1 N–H and O–H groups in total. The van der Waals surface area contributed by atoms with Crippen molar-refractivity contribution in [1.82, 2.24) is 5.32 Å². The first kappa shape index (κ1) is 9.00. The number of hydrogen-bond acceptors (Lipinski definition) is 1. The Morgan fingerprint density at radius 2 is 2.00 bits per heavy atom. The van der Waals surface area contributed by atoms with Crippen molar-refractivity contribution in [1.29, 1.82) is 0 Å². The number of carbonyl (C=O) groups is 1. The number of benzene rings is 1. The van der Waals surface area contributed by atoms with Crippen molar-refractivity contribution >= 4 is 5.91 Å². The van der Waals surface area contributed by atoms with E-state index >= 15 is 0 Å². The third-order valence-electron chi connectivity index (χ3n) is 2.59. The van der Waals surface area contributed by atoms with Gasteiger partial charge in [0.1, 0.15) is 0 Å². The molecule has 2 rings (SSSR count). The van der Waals surface area contributed by atoms with E-state index in [1.54, 1.807) is 0 Å². The van der Waals surface area contributed by atoms with Gasteiger partial charge >= 0.3 is 0 Å². The van der Waals surface area contributed by atoms with Crippen molar-refractivity contribution in [2.24, 2.45) is 0 Å². The molecule has 0 saturated carbocycles. The minimum absolute atomic E-state index is 0.0700. The molecule has 1 saturated heterocycles. The minimum Gasteiger partial charge on any atom is -0.330 e. The van der Waals surface area contributed by atoms with Gasteiger partial charge in [0, 0.05) is 18.0 Å². The third kappa shape index (κ3) is 1.55. The molecule has 0 spiro atoms. The lowest BCUT2D eigenvalue weighted by Crippen LogP contribution is -2.11. The Bertz CT molecular complexity index is 378. The van der Waals surface area contributed by atoms with E-state index in [1.165, 1.54) is 11.1 Å². The molecule has 2 heteroatoms. The second kappa shape index (κ2) is 3.29. The fraction of sp³-hybridized carbons (Fsp3) is 0.250. The zero-order valence-electron chi connectivity index (χ0n) is 8.21. The van der Waals surface area contributed by atoms with Crippen LogP contribution in [-0.4, -0.2) is 5.91 Å². The zero-order valence-corrected chi connectivity index (χ0v) is 8.21. The third-order valence-corrected chi connectivity index (χ3v) is 2.59. The number of amides is 1. The number of rotatable bonds is 1. The van der Waals surface area contributed by atoms with Gasteiger partial charge in [-0.25, -0.2) is 0 Å². The van der Waals surface area contributed by atoms with E-state index in [1.807, 2.05) is 0 Å². The second-order valence-corrected chi connectivity index (χ2v) is 3.74. The molecule has 0 aromatic heterocycles. The van der Waals surface area contributed by atoms with Gasteiger partial charge in [0.2, 0.25) is 5.91 Å². The van der Waals surface area contributed by atoms with Crippen LogP contribution in [0, 0.1) is 6.92 Å². The van der Waals surface area contributed by atoms with Crippen molar-refractivity contribution in [3.8, 4) is 0 Å². The first-order chi connectivity index (χ1) is 6.66. The van der Waals surface area contributed by atoms with Crippen LogP contribution in [0.15, 0.2) is 36.5 Å². The van der Waals surface area contributed by atoms with Gasteiger partial charge in [-0.2, -0.15) is 0 Å². The molecule has 1 unspecified atom stereocenters. The fourth-order valence-corrected chi connectivity index (χ4v) is 1.74. The molecule has 72 valence electrons. The van der Waals surface area contributed by atoms with E-state index in [4.69, 9.17) is 0 Å². The van der Waals surface area contributed by atoms with E-state index in [-0.39, 0.29) is 11.8 Å². The van der Waals surface area contributed by atoms with Crippen LogP contribution in [0.2, 0.25) is 0 Å². The molecule has 1 aromatic rings. The molecule has 1 aliphatic heterocycles. The molecule has 0 aliphatic carbocycles. The molecule has 1 fully saturated rings. The summed E-state index contributed by atoms with van der Waals surface area (Å²) >= 11 is 0. The van der Waals surface area contributed by atoms with Crippen LogP contribution >= 0.6 is 0 Å². The van der Waals surface area contributed by atoms with Crippen LogP contribution in [0.1, 0.15) is 23.5 Å². The summed E-state index contributed by atoms with van der Waals surface area (Å²) in [4.78, 5) is 11.1. The normalized spacial score (nSPS) is 21.1. The number of aryl methyl sites for hydroxylation is 1. The van der Waals surface area contributed by atoms with E-state index in [9.17, 15) is 4.79 Å². The van der Waals surface area contributed by atoms with Crippen LogP contribution in [-0.2, 0) is 4.79 Å². The second-order valence-electron chi connectivity index (χ2n) is 3.74. The summed E-state index contributed by atoms with van der Waals surface area (Å²) in [5.41, 5.74) is 3.22. The molecular weight excluding hydrogens is 174 g/mol. The molecule has 0 bridgehead atoms. The van der Waals surface area contributed by atoms with Crippen molar-refractivity contribution in [2.45, 2.75) is 19.3 Å². The maximum absolute atomic E-state index is 11.1. The summed E-state index contributed by atoms with van der Waals surface area (Å²) in [5, 5.41) is 2.75. The minimum atomic E-state index is 0.0700. The Kier molecular flexibility index (Phi) is 2.12. The lowest BCUT2D eigenvalue weighted by molar-refractivity contribution is -0.118. The Hall–Kier alpha value is -1.57. The highest BCUT2D eigenvalue weighted by Gasteiger charge is 2.26. The lowest BCUT2D eigenvalue weighted by Gasteiger charge is -2.09.